The van der Waals surface area contributed by atoms with Crippen LogP contribution in [-0.4, -0.2) is 54.9 Å². The molecule has 0 unspecified atom stereocenters. The maximum atomic E-state index is 13.6. The molecule has 1 heterocycles. The summed E-state index contributed by atoms with van der Waals surface area (Å²) >= 11 is 12.3. The maximum Gasteiger partial charge on any atom is 0.419 e. The summed E-state index contributed by atoms with van der Waals surface area (Å²) in [6.07, 6.45) is -4.72. The lowest BCUT2D eigenvalue weighted by molar-refractivity contribution is -0.138. The standard InChI is InChI=1S/C28H22Cl2F3N3O3/c1-35(26(37)19-8-10-25(39-2)21(11-19)28(31,32)33)24-15-36(27(38)17-5-3-16(13-34)4-6-17)14-20(24)18-7-9-22(29)23(30)12-18/h3-12,20,24H,14-15H2,1-2H3/t20-,24+/m0/s1. The van der Waals surface area contributed by atoms with Crippen molar-refractivity contribution in [3.63, 3.8) is 0 Å². The lowest BCUT2D eigenvalue weighted by atomic mass is 9.93. The molecule has 6 nitrogen and oxygen atoms in total. The van der Waals surface area contributed by atoms with Gasteiger partial charge in [-0.3, -0.25) is 9.59 Å². The first-order chi connectivity index (χ1) is 18.4. The summed E-state index contributed by atoms with van der Waals surface area (Å²) in [6, 6.07) is 15.7. The number of nitrogens with zero attached hydrogens (tertiary/aromatic N) is 3. The van der Waals surface area contributed by atoms with E-state index >= 15 is 0 Å². The Labute approximate surface area is 233 Å². The predicted octanol–water partition coefficient (Wildman–Crippen LogP) is 6.27. The largest absolute Gasteiger partial charge is 0.496 e. The SMILES string of the molecule is COc1ccc(C(=O)N(C)[C@@H]2CN(C(=O)c3ccc(C#N)cc3)C[C@H]2c2ccc(Cl)c(Cl)c2)cc1C(F)(F)F. The van der Waals surface area contributed by atoms with Crippen LogP contribution in [0.4, 0.5) is 13.2 Å². The molecular formula is C28H22Cl2F3N3O3. The Hall–Kier alpha value is -3.74. The molecule has 3 aromatic carbocycles. The van der Waals surface area contributed by atoms with Crippen molar-refractivity contribution < 1.29 is 27.5 Å². The molecule has 0 bridgehead atoms. The summed E-state index contributed by atoms with van der Waals surface area (Å²) in [5, 5.41) is 9.67. The second-order valence-electron chi connectivity index (χ2n) is 9.08. The smallest absolute Gasteiger partial charge is 0.419 e. The van der Waals surface area contributed by atoms with E-state index in [-0.39, 0.29) is 24.6 Å². The van der Waals surface area contributed by atoms with Gasteiger partial charge in [0.1, 0.15) is 5.75 Å². The highest BCUT2D eigenvalue weighted by atomic mass is 35.5. The van der Waals surface area contributed by atoms with Crippen LogP contribution in [0.1, 0.15) is 43.3 Å². The van der Waals surface area contributed by atoms with E-state index in [9.17, 15) is 22.8 Å². The van der Waals surface area contributed by atoms with Crippen molar-refractivity contribution in [1.29, 1.82) is 5.26 Å². The average molecular weight is 576 g/mol. The van der Waals surface area contributed by atoms with Gasteiger partial charge in [-0.15, -0.1) is 0 Å². The molecule has 0 aliphatic carbocycles. The molecule has 0 radical (unpaired) electrons. The van der Waals surface area contributed by atoms with Crippen LogP contribution < -0.4 is 4.74 Å². The van der Waals surface area contributed by atoms with E-state index in [1.54, 1.807) is 35.2 Å². The van der Waals surface area contributed by atoms with Crippen LogP contribution in [-0.2, 0) is 6.18 Å². The number of amides is 2. The minimum atomic E-state index is -4.72. The second-order valence-corrected chi connectivity index (χ2v) is 9.89. The Balaban J connectivity index is 1.68. The van der Waals surface area contributed by atoms with Crippen molar-refractivity contribution in [3.05, 3.63) is 98.5 Å². The maximum absolute atomic E-state index is 13.6. The molecule has 1 aliphatic heterocycles. The number of ether oxygens (including phenoxy) is 1. The molecule has 4 rings (SSSR count). The first-order valence-electron chi connectivity index (χ1n) is 11.7. The molecule has 11 heteroatoms. The van der Waals surface area contributed by atoms with Crippen molar-refractivity contribution in [1.82, 2.24) is 9.80 Å². The highest BCUT2D eigenvalue weighted by Crippen LogP contribution is 2.38. The summed E-state index contributed by atoms with van der Waals surface area (Å²) in [4.78, 5) is 29.7. The third-order valence-electron chi connectivity index (χ3n) is 6.78. The number of carbonyl (C=O) groups is 2. The van der Waals surface area contributed by atoms with E-state index < -0.39 is 35.4 Å². The first kappa shape index (κ1) is 28.3. The summed E-state index contributed by atoms with van der Waals surface area (Å²) in [5.74, 6) is -1.76. The fourth-order valence-electron chi connectivity index (χ4n) is 4.70. The van der Waals surface area contributed by atoms with E-state index in [1.807, 2.05) is 6.07 Å². The first-order valence-corrected chi connectivity index (χ1v) is 12.5. The van der Waals surface area contributed by atoms with Gasteiger partial charge in [-0.25, -0.2) is 0 Å². The molecule has 2 atom stereocenters. The number of likely N-dealkylation sites (N-methyl/N-ethyl adjacent to an activating group) is 1. The number of hydrogen-bond donors (Lipinski definition) is 0. The van der Waals surface area contributed by atoms with Crippen LogP contribution in [0.5, 0.6) is 5.75 Å². The number of nitriles is 1. The number of benzene rings is 3. The molecule has 0 saturated carbocycles. The normalized spacial score (nSPS) is 17.0. The van der Waals surface area contributed by atoms with E-state index in [0.29, 0.717) is 21.2 Å². The van der Waals surface area contributed by atoms with Gasteiger partial charge in [0.2, 0.25) is 0 Å². The van der Waals surface area contributed by atoms with Crippen molar-refractivity contribution in [2.45, 2.75) is 18.1 Å². The number of hydrogen-bond acceptors (Lipinski definition) is 4. The van der Waals surface area contributed by atoms with Crippen LogP contribution in [0.15, 0.2) is 60.7 Å². The highest BCUT2D eigenvalue weighted by molar-refractivity contribution is 6.42. The average Bonchev–Trinajstić information content (AvgIpc) is 3.38. The van der Waals surface area contributed by atoms with Crippen molar-refractivity contribution in [3.8, 4) is 11.8 Å². The Morgan fingerprint density at radius 3 is 2.26 bits per heavy atom. The Morgan fingerprint density at radius 1 is 1.00 bits per heavy atom. The lowest BCUT2D eigenvalue weighted by Gasteiger charge is -2.29. The summed E-state index contributed by atoms with van der Waals surface area (Å²) in [5.41, 5.74) is 0.253. The Bertz CT molecular complexity index is 1460. The zero-order valence-corrected chi connectivity index (χ0v) is 22.3. The fraction of sp³-hybridized carbons (Fsp3) is 0.250. The van der Waals surface area contributed by atoms with Crippen molar-refractivity contribution in [2.75, 3.05) is 27.2 Å². The third kappa shape index (κ3) is 5.82. The molecular weight excluding hydrogens is 554 g/mol. The molecule has 0 N–H and O–H groups in total. The number of rotatable bonds is 5. The molecule has 1 fully saturated rings. The topological polar surface area (TPSA) is 73.6 Å². The molecule has 1 saturated heterocycles. The second kappa shape index (κ2) is 11.2. The van der Waals surface area contributed by atoms with Gasteiger partial charge in [0.05, 0.1) is 40.4 Å². The third-order valence-corrected chi connectivity index (χ3v) is 7.52. The minimum absolute atomic E-state index is 0.119. The number of alkyl halides is 3. The van der Waals surface area contributed by atoms with E-state index in [0.717, 1.165) is 24.8 Å². The summed E-state index contributed by atoms with van der Waals surface area (Å²) in [6.45, 7) is 0.337. The van der Waals surface area contributed by atoms with Gasteiger partial charge in [-0.05, 0) is 60.2 Å². The van der Waals surface area contributed by atoms with Gasteiger partial charge in [0, 0.05) is 37.2 Å². The van der Waals surface area contributed by atoms with Crippen LogP contribution in [0.3, 0.4) is 0 Å². The van der Waals surface area contributed by atoms with E-state index in [4.69, 9.17) is 33.2 Å². The zero-order valence-electron chi connectivity index (χ0n) is 20.8. The van der Waals surface area contributed by atoms with Gasteiger partial charge in [-0.1, -0.05) is 29.3 Å². The van der Waals surface area contributed by atoms with Crippen LogP contribution in [0.25, 0.3) is 0 Å². The van der Waals surface area contributed by atoms with Gasteiger partial charge in [-0.2, -0.15) is 18.4 Å². The van der Waals surface area contributed by atoms with Gasteiger partial charge in [0.25, 0.3) is 11.8 Å². The van der Waals surface area contributed by atoms with Gasteiger partial charge < -0.3 is 14.5 Å². The van der Waals surface area contributed by atoms with Crippen molar-refractivity contribution >= 4 is 35.0 Å². The number of methoxy groups -OCH3 is 1. The summed E-state index contributed by atoms with van der Waals surface area (Å²) in [7, 11) is 2.61. The number of halogens is 5. The van der Waals surface area contributed by atoms with E-state index in [1.165, 1.54) is 30.1 Å². The van der Waals surface area contributed by atoms with Crippen molar-refractivity contribution in [2.24, 2.45) is 0 Å². The van der Waals surface area contributed by atoms with Crippen LogP contribution >= 0.6 is 23.2 Å². The highest BCUT2D eigenvalue weighted by Gasteiger charge is 2.41. The molecule has 2 amide bonds. The lowest BCUT2D eigenvalue weighted by Crippen LogP contribution is -2.42. The fourth-order valence-corrected chi connectivity index (χ4v) is 5.01. The zero-order chi connectivity index (χ0) is 28.5. The summed E-state index contributed by atoms with van der Waals surface area (Å²) < 4.78 is 45.6. The monoisotopic (exact) mass is 575 g/mol. The number of carbonyl (C=O) groups excluding carboxylic acids is 2. The Kier molecular flexibility index (Phi) is 8.09. The quantitative estimate of drug-likeness (QED) is 0.359. The molecule has 0 spiro atoms. The predicted molar refractivity (Wildman–Crippen MR) is 140 cm³/mol. The molecule has 202 valence electrons. The van der Waals surface area contributed by atoms with Crippen LogP contribution in [0.2, 0.25) is 10.0 Å². The molecule has 3 aromatic rings. The van der Waals surface area contributed by atoms with Gasteiger partial charge >= 0.3 is 6.18 Å². The van der Waals surface area contributed by atoms with Crippen LogP contribution in [0, 0.1) is 11.3 Å². The van der Waals surface area contributed by atoms with Gasteiger partial charge in [0.15, 0.2) is 0 Å². The molecule has 39 heavy (non-hydrogen) atoms. The minimum Gasteiger partial charge on any atom is -0.496 e. The molecule has 0 aromatic heterocycles. The number of likely N-dealkylation sites (tertiary alicyclic amines) is 1. The molecule has 1 aliphatic rings. The van der Waals surface area contributed by atoms with E-state index in [2.05, 4.69) is 0 Å². The Morgan fingerprint density at radius 2 is 1.67 bits per heavy atom.